The van der Waals surface area contributed by atoms with Crippen molar-refractivity contribution in [2.24, 2.45) is 0 Å². The SMILES string of the molecule is CC(=O)C1=[N+]([O-])N(c2ccc(C(=O)O)cc2)CC1. The lowest BCUT2D eigenvalue weighted by molar-refractivity contribution is -0.462. The Labute approximate surface area is 103 Å². The standard InChI is InChI=1S/C12H12N2O4/c1-8(15)11-6-7-13(14(11)18)10-4-2-9(3-5-10)12(16)17/h2-5H,6-7H2,1H3,(H,16,17). The molecule has 0 unspecified atom stereocenters. The Balaban J connectivity index is 2.28. The Kier molecular flexibility index (Phi) is 3.01. The molecule has 18 heavy (non-hydrogen) atoms. The summed E-state index contributed by atoms with van der Waals surface area (Å²) in [6, 6.07) is 5.96. The van der Waals surface area contributed by atoms with Gasteiger partial charge in [-0.1, -0.05) is 4.85 Å². The summed E-state index contributed by atoms with van der Waals surface area (Å²) in [5.74, 6) is -1.26. The summed E-state index contributed by atoms with van der Waals surface area (Å²) in [6.07, 6.45) is 0.402. The number of carbonyl (C=O) groups excluding carboxylic acids is 1. The van der Waals surface area contributed by atoms with Crippen LogP contribution in [0.1, 0.15) is 23.7 Å². The smallest absolute Gasteiger partial charge is 0.335 e. The fraction of sp³-hybridized carbons (Fsp3) is 0.250. The Morgan fingerprint density at radius 2 is 1.94 bits per heavy atom. The van der Waals surface area contributed by atoms with Crippen molar-refractivity contribution in [3.63, 3.8) is 0 Å². The van der Waals surface area contributed by atoms with Gasteiger partial charge in [-0.05, 0) is 24.3 Å². The summed E-state index contributed by atoms with van der Waals surface area (Å²) in [6.45, 7) is 1.78. The first-order chi connectivity index (χ1) is 8.50. The molecule has 0 saturated heterocycles. The Morgan fingerprint density at radius 1 is 1.33 bits per heavy atom. The van der Waals surface area contributed by atoms with Crippen molar-refractivity contribution in [3.8, 4) is 0 Å². The molecule has 1 aromatic rings. The molecule has 0 fully saturated rings. The molecule has 1 heterocycles. The number of aromatic carboxylic acids is 1. The lowest BCUT2D eigenvalue weighted by Gasteiger charge is -2.16. The van der Waals surface area contributed by atoms with Gasteiger partial charge in [0.1, 0.15) is 5.69 Å². The third-order valence-corrected chi connectivity index (χ3v) is 2.83. The van der Waals surface area contributed by atoms with Gasteiger partial charge in [0.05, 0.1) is 18.5 Å². The van der Waals surface area contributed by atoms with E-state index in [0.717, 1.165) is 0 Å². The predicted octanol–water partition coefficient (Wildman–Crippen LogP) is 1.05. The molecule has 94 valence electrons. The van der Waals surface area contributed by atoms with Gasteiger partial charge in [-0.2, -0.15) is 0 Å². The van der Waals surface area contributed by atoms with Gasteiger partial charge in [-0.15, -0.1) is 5.01 Å². The molecule has 1 aromatic carbocycles. The van der Waals surface area contributed by atoms with Gasteiger partial charge in [0.25, 0.3) is 5.71 Å². The van der Waals surface area contributed by atoms with Gasteiger partial charge in [0.2, 0.25) is 5.78 Å². The molecule has 0 amide bonds. The highest BCUT2D eigenvalue weighted by molar-refractivity contribution is 6.37. The van der Waals surface area contributed by atoms with Crippen molar-refractivity contribution < 1.29 is 19.5 Å². The topological polar surface area (TPSA) is 83.7 Å². The maximum atomic E-state index is 11.8. The van der Waals surface area contributed by atoms with Crippen LogP contribution in [0.4, 0.5) is 5.69 Å². The molecule has 0 aromatic heterocycles. The number of hydrazone groups is 1. The summed E-state index contributed by atoms with van der Waals surface area (Å²) < 4.78 is 0. The van der Waals surface area contributed by atoms with E-state index in [2.05, 4.69) is 0 Å². The third-order valence-electron chi connectivity index (χ3n) is 2.83. The van der Waals surface area contributed by atoms with E-state index in [9.17, 15) is 14.8 Å². The molecular weight excluding hydrogens is 236 g/mol. The minimum absolute atomic E-state index is 0.158. The van der Waals surface area contributed by atoms with E-state index in [0.29, 0.717) is 23.5 Å². The van der Waals surface area contributed by atoms with Crippen molar-refractivity contribution >= 4 is 23.2 Å². The first-order valence-corrected chi connectivity index (χ1v) is 5.45. The van der Waals surface area contributed by atoms with Crippen LogP contribution in [-0.2, 0) is 4.79 Å². The van der Waals surface area contributed by atoms with Crippen LogP contribution in [0.2, 0.25) is 0 Å². The van der Waals surface area contributed by atoms with E-state index in [1.165, 1.54) is 24.1 Å². The predicted molar refractivity (Wildman–Crippen MR) is 64.7 cm³/mol. The quantitative estimate of drug-likeness (QED) is 0.638. The fourth-order valence-electron chi connectivity index (χ4n) is 1.86. The average Bonchev–Trinajstić information content (AvgIpc) is 2.71. The summed E-state index contributed by atoms with van der Waals surface area (Å²) in [5, 5.41) is 22.0. The Morgan fingerprint density at radius 3 is 2.39 bits per heavy atom. The molecule has 0 aliphatic carbocycles. The number of carboxylic acid groups (broad SMARTS) is 1. The summed E-state index contributed by atoms with van der Waals surface area (Å²) >= 11 is 0. The van der Waals surface area contributed by atoms with Crippen molar-refractivity contribution in [3.05, 3.63) is 35.0 Å². The number of nitrogens with zero attached hydrogens (tertiary/aromatic N) is 2. The summed E-state index contributed by atoms with van der Waals surface area (Å²) in [5.41, 5.74) is 0.953. The number of Topliss-reactive ketones (excluding diaryl/α,β-unsaturated/α-hetero) is 1. The van der Waals surface area contributed by atoms with Crippen molar-refractivity contribution in [2.75, 3.05) is 11.6 Å². The Hall–Kier alpha value is -2.37. The number of rotatable bonds is 3. The lowest BCUT2D eigenvalue weighted by atomic mass is 10.2. The molecule has 0 spiro atoms. The van der Waals surface area contributed by atoms with Gasteiger partial charge in [0.15, 0.2) is 0 Å². The van der Waals surface area contributed by atoms with E-state index in [1.807, 2.05) is 0 Å². The first-order valence-electron chi connectivity index (χ1n) is 5.45. The number of hydrazine groups is 1. The second-order valence-electron chi connectivity index (χ2n) is 4.00. The largest absolute Gasteiger partial charge is 0.596 e. The van der Waals surface area contributed by atoms with Crippen molar-refractivity contribution in [2.45, 2.75) is 13.3 Å². The number of hydrogen-bond acceptors (Lipinski definition) is 4. The van der Waals surface area contributed by atoms with Crippen LogP contribution in [0.15, 0.2) is 24.3 Å². The van der Waals surface area contributed by atoms with Crippen LogP contribution in [0.3, 0.4) is 0 Å². The summed E-state index contributed by atoms with van der Waals surface area (Å²) in [7, 11) is 0. The van der Waals surface area contributed by atoms with Crippen LogP contribution in [-0.4, -0.2) is 34.0 Å². The molecule has 0 atom stereocenters. The van der Waals surface area contributed by atoms with Crippen LogP contribution in [0.5, 0.6) is 0 Å². The van der Waals surface area contributed by atoms with E-state index >= 15 is 0 Å². The maximum absolute atomic E-state index is 11.8. The van der Waals surface area contributed by atoms with E-state index in [4.69, 9.17) is 5.11 Å². The molecule has 2 rings (SSSR count). The number of carbonyl (C=O) groups is 2. The summed E-state index contributed by atoms with van der Waals surface area (Å²) in [4.78, 5) is 22.5. The molecule has 6 heteroatoms. The highest BCUT2D eigenvalue weighted by atomic mass is 16.5. The van der Waals surface area contributed by atoms with Gasteiger partial charge in [-0.3, -0.25) is 4.79 Å². The number of benzene rings is 1. The highest BCUT2D eigenvalue weighted by Gasteiger charge is 2.30. The molecular formula is C12H12N2O4. The minimum atomic E-state index is -1.02. The second-order valence-corrected chi connectivity index (χ2v) is 4.00. The monoisotopic (exact) mass is 248 g/mol. The van der Waals surface area contributed by atoms with Crippen molar-refractivity contribution in [1.82, 2.24) is 0 Å². The van der Waals surface area contributed by atoms with Crippen LogP contribution in [0, 0.1) is 5.21 Å². The van der Waals surface area contributed by atoms with Crippen LogP contribution >= 0.6 is 0 Å². The fourth-order valence-corrected chi connectivity index (χ4v) is 1.86. The van der Waals surface area contributed by atoms with Gasteiger partial charge in [-0.25, -0.2) is 4.79 Å². The molecule has 6 nitrogen and oxygen atoms in total. The zero-order chi connectivity index (χ0) is 13.3. The van der Waals surface area contributed by atoms with Crippen LogP contribution < -0.4 is 5.01 Å². The third kappa shape index (κ3) is 2.04. The first kappa shape index (κ1) is 12.1. The van der Waals surface area contributed by atoms with Crippen LogP contribution in [0.25, 0.3) is 0 Å². The molecule has 1 aliphatic heterocycles. The maximum Gasteiger partial charge on any atom is 0.335 e. The zero-order valence-electron chi connectivity index (χ0n) is 9.79. The van der Waals surface area contributed by atoms with E-state index in [1.54, 1.807) is 12.1 Å². The van der Waals surface area contributed by atoms with E-state index in [-0.39, 0.29) is 17.1 Å². The number of carboxylic acids is 1. The zero-order valence-corrected chi connectivity index (χ0v) is 9.79. The van der Waals surface area contributed by atoms with Gasteiger partial charge >= 0.3 is 5.97 Å². The Bertz CT molecular complexity index is 534. The number of hydrogen-bond donors (Lipinski definition) is 1. The minimum Gasteiger partial charge on any atom is -0.596 e. The normalized spacial score (nSPS) is 15.1. The molecule has 0 radical (unpaired) electrons. The van der Waals surface area contributed by atoms with Crippen molar-refractivity contribution in [1.29, 1.82) is 0 Å². The molecule has 0 bridgehead atoms. The average molecular weight is 248 g/mol. The lowest BCUT2D eigenvalue weighted by Crippen LogP contribution is -2.29. The van der Waals surface area contributed by atoms with Gasteiger partial charge < -0.3 is 10.3 Å². The number of anilines is 1. The molecule has 1 aliphatic rings. The second kappa shape index (κ2) is 4.48. The van der Waals surface area contributed by atoms with Gasteiger partial charge in [0, 0.05) is 6.92 Å². The molecule has 1 N–H and O–H groups in total. The number of ketones is 1. The highest BCUT2D eigenvalue weighted by Crippen LogP contribution is 2.19. The molecule has 0 saturated carbocycles. The van der Waals surface area contributed by atoms with E-state index < -0.39 is 5.97 Å².